The molecular weight excluding hydrogens is 483 g/mol. The number of carbonyl (C=O) groups is 1. The Labute approximate surface area is 213 Å². The lowest BCUT2D eigenvalue weighted by molar-refractivity contribution is -0.113. The second kappa shape index (κ2) is 10.6. The number of nitriles is 1. The molecular formula is C25H31N5OS3. The molecule has 0 aliphatic heterocycles. The molecule has 3 heterocycles. The fourth-order valence-electron chi connectivity index (χ4n) is 4.45. The normalized spacial score (nSPS) is 15.7. The Bertz CT molecular complexity index is 1190. The number of fused-ring (bicyclic) bond motifs is 1. The first-order chi connectivity index (χ1) is 16.4. The highest BCUT2D eigenvalue weighted by Crippen LogP contribution is 2.45. The van der Waals surface area contributed by atoms with Gasteiger partial charge in [-0.2, -0.15) is 5.26 Å². The quantitative estimate of drug-likeness (QED) is 0.325. The number of thioether (sulfide) groups is 1. The number of nitrogens with zero attached hydrogens (tertiary/aromatic N) is 4. The molecule has 0 radical (unpaired) electrons. The summed E-state index contributed by atoms with van der Waals surface area (Å²) >= 11 is 4.61. The van der Waals surface area contributed by atoms with Crippen LogP contribution < -0.4 is 5.32 Å². The minimum absolute atomic E-state index is 0.116. The van der Waals surface area contributed by atoms with Crippen molar-refractivity contribution in [2.75, 3.05) is 11.1 Å². The highest BCUT2D eigenvalue weighted by Gasteiger charge is 2.34. The van der Waals surface area contributed by atoms with Crippen LogP contribution in [0.25, 0.3) is 10.7 Å². The third-order valence-electron chi connectivity index (χ3n) is 6.88. The number of carbonyl (C=O) groups excluding carboxylic acids is 1. The van der Waals surface area contributed by atoms with Gasteiger partial charge in [-0.15, -0.1) is 32.9 Å². The predicted octanol–water partition coefficient (Wildman–Crippen LogP) is 6.62. The minimum atomic E-state index is -0.116. The first-order valence-electron chi connectivity index (χ1n) is 11.8. The van der Waals surface area contributed by atoms with Crippen LogP contribution in [0.5, 0.6) is 0 Å². The van der Waals surface area contributed by atoms with Crippen molar-refractivity contribution < 1.29 is 4.79 Å². The molecule has 34 heavy (non-hydrogen) atoms. The molecule has 1 amide bonds. The van der Waals surface area contributed by atoms with Gasteiger partial charge < -0.3 is 9.88 Å². The zero-order valence-corrected chi connectivity index (χ0v) is 22.6. The number of hydrogen-bond acceptors (Lipinski definition) is 7. The third kappa shape index (κ3) is 5.09. The first-order valence-corrected chi connectivity index (χ1v) is 14.5. The lowest BCUT2D eigenvalue weighted by Crippen LogP contribution is -2.28. The molecule has 0 spiro atoms. The Kier molecular flexibility index (Phi) is 7.80. The van der Waals surface area contributed by atoms with Gasteiger partial charge in [-0.1, -0.05) is 51.9 Å². The summed E-state index contributed by atoms with van der Waals surface area (Å²) in [6.45, 7) is 9.84. The Morgan fingerprint density at radius 3 is 2.88 bits per heavy atom. The molecule has 1 unspecified atom stereocenters. The third-order valence-corrected chi connectivity index (χ3v) is 9.89. The van der Waals surface area contributed by atoms with Crippen LogP contribution in [-0.4, -0.2) is 26.4 Å². The summed E-state index contributed by atoms with van der Waals surface area (Å²) in [5.74, 6) is 1.57. The zero-order valence-electron chi connectivity index (χ0n) is 20.2. The molecule has 0 bridgehead atoms. The maximum atomic E-state index is 12.9. The summed E-state index contributed by atoms with van der Waals surface area (Å²) in [5, 5.41) is 25.0. The Morgan fingerprint density at radius 2 is 2.21 bits per heavy atom. The van der Waals surface area contributed by atoms with Crippen molar-refractivity contribution in [3.8, 4) is 16.8 Å². The number of aromatic nitrogens is 3. The van der Waals surface area contributed by atoms with Gasteiger partial charge in [0.25, 0.3) is 0 Å². The smallest absolute Gasteiger partial charge is 0.235 e. The minimum Gasteiger partial charge on any atom is -0.316 e. The Hall–Kier alpha value is -2.15. The molecule has 1 N–H and O–H groups in total. The molecule has 0 saturated carbocycles. The molecule has 9 heteroatoms. The predicted molar refractivity (Wildman–Crippen MR) is 142 cm³/mol. The van der Waals surface area contributed by atoms with E-state index in [4.69, 9.17) is 0 Å². The number of nitrogens with one attached hydrogen (secondary N) is 1. The van der Waals surface area contributed by atoms with Crippen LogP contribution in [0.15, 0.2) is 22.7 Å². The highest BCUT2D eigenvalue weighted by molar-refractivity contribution is 7.99. The van der Waals surface area contributed by atoms with Crippen molar-refractivity contribution in [3.05, 3.63) is 33.5 Å². The van der Waals surface area contributed by atoms with Crippen molar-refractivity contribution in [2.45, 2.75) is 71.5 Å². The van der Waals surface area contributed by atoms with Crippen molar-refractivity contribution in [1.82, 2.24) is 14.8 Å². The van der Waals surface area contributed by atoms with Crippen LogP contribution in [-0.2, 0) is 24.2 Å². The van der Waals surface area contributed by atoms with E-state index in [2.05, 4.69) is 53.8 Å². The monoisotopic (exact) mass is 513 g/mol. The maximum absolute atomic E-state index is 12.9. The second-order valence-corrected chi connectivity index (χ2v) is 12.4. The number of thiophene rings is 2. The van der Waals surface area contributed by atoms with E-state index < -0.39 is 0 Å². The van der Waals surface area contributed by atoms with Crippen LogP contribution in [0.4, 0.5) is 5.00 Å². The number of rotatable bonds is 9. The summed E-state index contributed by atoms with van der Waals surface area (Å²) in [7, 11) is 0. The molecule has 6 nitrogen and oxygen atoms in total. The summed E-state index contributed by atoms with van der Waals surface area (Å²) in [5.41, 5.74) is 2.08. The molecule has 0 fully saturated rings. The van der Waals surface area contributed by atoms with Gasteiger partial charge in [0.05, 0.1) is 16.2 Å². The van der Waals surface area contributed by atoms with Crippen LogP contribution in [0, 0.1) is 22.7 Å². The van der Waals surface area contributed by atoms with Gasteiger partial charge >= 0.3 is 0 Å². The SMILES string of the molecule is CCCn1c(SCC(=O)Nc2sc3c(c2C#N)CCC(C(C)(C)CC)C3)nnc1-c1cccs1. The molecule has 0 aromatic carbocycles. The molecule has 180 valence electrons. The van der Waals surface area contributed by atoms with Gasteiger partial charge in [0.15, 0.2) is 11.0 Å². The van der Waals surface area contributed by atoms with E-state index in [0.717, 1.165) is 60.1 Å². The number of anilines is 1. The van der Waals surface area contributed by atoms with E-state index in [1.54, 1.807) is 22.7 Å². The van der Waals surface area contributed by atoms with Crippen LogP contribution in [0.3, 0.4) is 0 Å². The lowest BCUT2D eigenvalue weighted by atomic mass is 9.69. The lowest BCUT2D eigenvalue weighted by Gasteiger charge is -2.36. The molecule has 3 aromatic heterocycles. The van der Waals surface area contributed by atoms with E-state index in [9.17, 15) is 10.1 Å². The fraction of sp³-hybridized carbons (Fsp3) is 0.520. The highest BCUT2D eigenvalue weighted by atomic mass is 32.2. The van der Waals surface area contributed by atoms with E-state index in [-0.39, 0.29) is 17.1 Å². The van der Waals surface area contributed by atoms with E-state index in [1.807, 2.05) is 17.5 Å². The molecule has 1 aliphatic rings. The summed E-state index contributed by atoms with van der Waals surface area (Å²) in [6, 6.07) is 6.40. The van der Waals surface area contributed by atoms with Gasteiger partial charge in [-0.05, 0) is 54.0 Å². The van der Waals surface area contributed by atoms with Crippen molar-refractivity contribution >= 4 is 45.3 Å². The number of hydrogen-bond donors (Lipinski definition) is 1. The zero-order chi connectivity index (χ0) is 24.3. The molecule has 4 rings (SSSR count). The molecule has 3 aromatic rings. The van der Waals surface area contributed by atoms with E-state index in [1.165, 1.54) is 16.6 Å². The number of amides is 1. The van der Waals surface area contributed by atoms with Crippen LogP contribution in [0.2, 0.25) is 0 Å². The largest absolute Gasteiger partial charge is 0.316 e. The van der Waals surface area contributed by atoms with Gasteiger partial charge in [0, 0.05) is 11.4 Å². The Balaban J connectivity index is 1.45. The van der Waals surface area contributed by atoms with Gasteiger partial charge in [-0.3, -0.25) is 4.79 Å². The topological polar surface area (TPSA) is 83.6 Å². The second-order valence-electron chi connectivity index (χ2n) is 9.37. The fourth-order valence-corrected chi connectivity index (χ4v) is 7.23. The molecule has 1 atom stereocenters. The standard InChI is InChI=1S/C25H31N5OS3/c1-5-11-30-22(19-8-7-12-32-19)28-29-24(30)33-15-21(31)27-23-18(14-26)17-10-9-16(13-20(17)34-23)25(3,4)6-2/h7-8,12,16H,5-6,9-11,13,15H2,1-4H3,(H,27,31). The molecule has 1 aliphatic carbocycles. The maximum Gasteiger partial charge on any atom is 0.235 e. The molecule has 0 saturated heterocycles. The average Bonchev–Trinajstić information content (AvgIpc) is 3.56. The van der Waals surface area contributed by atoms with E-state index >= 15 is 0 Å². The van der Waals surface area contributed by atoms with E-state index in [0.29, 0.717) is 16.5 Å². The Morgan fingerprint density at radius 1 is 1.38 bits per heavy atom. The van der Waals surface area contributed by atoms with Gasteiger partial charge in [0.2, 0.25) is 5.91 Å². The van der Waals surface area contributed by atoms with Crippen molar-refractivity contribution in [3.63, 3.8) is 0 Å². The average molecular weight is 514 g/mol. The summed E-state index contributed by atoms with van der Waals surface area (Å²) in [6.07, 6.45) is 5.10. The summed E-state index contributed by atoms with van der Waals surface area (Å²) in [4.78, 5) is 15.2. The van der Waals surface area contributed by atoms with Gasteiger partial charge in [-0.25, -0.2) is 0 Å². The van der Waals surface area contributed by atoms with Crippen molar-refractivity contribution in [2.24, 2.45) is 11.3 Å². The first kappa shape index (κ1) is 25.0. The van der Waals surface area contributed by atoms with Crippen LogP contribution in [0.1, 0.15) is 63.0 Å². The van der Waals surface area contributed by atoms with Crippen LogP contribution >= 0.6 is 34.4 Å². The van der Waals surface area contributed by atoms with Crippen molar-refractivity contribution in [1.29, 1.82) is 5.26 Å². The van der Waals surface area contributed by atoms with Gasteiger partial charge in [0.1, 0.15) is 11.1 Å². The summed E-state index contributed by atoms with van der Waals surface area (Å²) < 4.78 is 2.09.